The Morgan fingerprint density at radius 2 is 1.67 bits per heavy atom. The maximum atomic E-state index is 12.6. The van der Waals surface area contributed by atoms with Crippen LogP contribution in [-0.2, 0) is 16.0 Å². The van der Waals surface area contributed by atoms with Gasteiger partial charge in [0.25, 0.3) is 0 Å². The summed E-state index contributed by atoms with van der Waals surface area (Å²) in [5.74, 6) is 0.0474. The van der Waals surface area contributed by atoms with Gasteiger partial charge in [-0.15, -0.1) is 0 Å². The molecule has 0 atom stereocenters. The van der Waals surface area contributed by atoms with Gasteiger partial charge in [0.2, 0.25) is 11.8 Å². The van der Waals surface area contributed by atoms with E-state index in [4.69, 9.17) is 0 Å². The molecule has 0 aromatic heterocycles. The van der Waals surface area contributed by atoms with Crippen molar-refractivity contribution >= 4 is 23.2 Å². The number of carbonyl (C=O) groups excluding carboxylic acids is 2. The summed E-state index contributed by atoms with van der Waals surface area (Å²) in [7, 11) is 1.74. The molecule has 0 aliphatic heterocycles. The van der Waals surface area contributed by atoms with Gasteiger partial charge in [-0.3, -0.25) is 9.59 Å². The summed E-state index contributed by atoms with van der Waals surface area (Å²) in [6.45, 7) is 6.16. The molecule has 24 heavy (non-hydrogen) atoms. The van der Waals surface area contributed by atoms with Crippen molar-refractivity contribution in [1.82, 2.24) is 0 Å². The van der Waals surface area contributed by atoms with Gasteiger partial charge < -0.3 is 9.80 Å². The molecule has 0 N–H and O–H groups in total. The molecule has 0 aliphatic carbocycles. The molecular weight excluding hydrogens is 300 g/mol. The zero-order valence-corrected chi connectivity index (χ0v) is 14.7. The van der Waals surface area contributed by atoms with Gasteiger partial charge in [0.15, 0.2) is 0 Å². The number of hydrogen-bond acceptors (Lipinski definition) is 2. The van der Waals surface area contributed by atoms with E-state index in [0.717, 1.165) is 22.5 Å². The molecule has 2 aromatic carbocycles. The Morgan fingerprint density at radius 3 is 2.21 bits per heavy atom. The van der Waals surface area contributed by atoms with Crippen molar-refractivity contribution in [2.75, 3.05) is 23.4 Å². The standard InChI is InChI=1S/C20H24N2O2/c1-5-22(19-8-6-7-15(2)13-19)20(24)14-17-9-11-18(12-10-17)21(4)16(3)23/h6-13H,5,14H2,1-4H3. The maximum absolute atomic E-state index is 12.6. The Morgan fingerprint density at radius 1 is 1.00 bits per heavy atom. The van der Waals surface area contributed by atoms with Crippen LogP contribution in [-0.4, -0.2) is 25.4 Å². The molecule has 4 heteroatoms. The van der Waals surface area contributed by atoms with Crippen LogP contribution < -0.4 is 9.80 Å². The highest BCUT2D eigenvalue weighted by Gasteiger charge is 2.15. The number of nitrogens with zero attached hydrogens (tertiary/aromatic N) is 2. The third kappa shape index (κ3) is 4.22. The number of aryl methyl sites for hydroxylation is 1. The van der Waals surface area contributed by atoms with Crippen LogP contribution in [0.15, 0.2) is 48.5 Å². The fraction of sp³-hybridized carbons (Fsp3) is 0.300. The van der Waals surface area contributed by atoms with Crippen molar-refractivity contribution in [1.29, 1.82) is 0 Å². The van der Waals surface area contributed by atoms with Crippen LogP contribution >= 0.6 is 0 Å². The van der Waals surface area contributed by atoms with Crippen molar-refractivity contribution in [3.63, 3.8) is 0 Å². The summed E-state index contributed by atoms with van der Waals surface area (Å²) < 4.78 is 0. The van der Waals surface area contributed by atoms with Crippen molar-refractivity contribution in [2.24, 2.45) is 0 Å². The minimum atomic E-state index is -0.0181. The van der Waals surface area contributed by atoms with Gasteiger partial charge in [0.1, 0.15) is 0 Å². The van der Waals surface area contributed by atoms with Crippen molar-refractivity contribution in [3.05, 3.63) is 59.7 Å². The monoisotopic (exact) mass is 324 g/mol. The predicted octanol–water partition coefficient (Wildman–Crippen LogP) is 3.57. The molecule has 0 fully saturated rings. The van der Waals surface area contributed by atoms with Crippen LogP contribution in [0.1, 0.15) is 25.0 Å². The third-order valence-corrected chi connectivity index (χ3v) is 4.08. The van der Waals surface area contributed by atoms with Gasteiger partial charge in [0, 0.05) is 31.9 Å². The minimum absolute atomic E-state index is 0.0181. The fourth-order valence-corrected chi connectivity index (χ4v) is 2.59. The smallest absolute Gasteiger partial charge is 0.231 e. The minimum Gasteiger partial charge on any atom is -0.316 e. The number of carbonyl (C=O) groups is 2. The van der Waals surface area contributed by atoms with Gasteiger partial charge in [-0.05, 0) is 49.2 Å². The molecule has 2 aromatic rings. The van der Waals surface area contributed by atoms with Crippen LogP contribution in [0.3, 0.4) is 0 Å². The van der Waals surface area contributed by atoms with Crippen molar-refractivity contribution in [2.45, 2.75) is 27.2 Å². The number of likely N-dealkylation sites (N-methyl/N-ethyl adjacent to an activating group) is 1. The first-order chi connectivity index (χ1) is 11.4. The zero-order valence-electron chi connectivity index (χ0n) is 14.7. The molecule has 126 valence electrons. The summed E-state index contributed by atoms with van der Waals surface area (Å²) in [6, 6.07) is 15.5. The highest BCUT2D eigenvalue weighted by molar-refractivity contribution is 5.95. The molecular formula is C20H24N2O2. The van der Waals surface area contributed by atoms with Crippen LogP contribution in [0.4, 0.5) is 11.4 Å². The first-order valence-corrected chi connectivity index (χ1v) is 8.12. The first kappa shape index (κ1) is 17.7. The normalized spacial score (nSPS) is 10.3. The molecule has 0 radical (unpaired) electrons. The quantitative estimate of drug-likeness (QED) is 0.843. The fourth-order valence-electron chi connectivity index (χ4n) is 2.59. The number of hydrogen-bond donors (Lipinski definition) is 0. The lowest BCUT2D eigenvalue weighted by Gasteiger charge is -2.22. The second-order valence-electron chi connectivity index (χ2n) is 5.90. The maximum Gasteiger partial charge on any atom is 0.231 e. The van der Waals surface area contributed by atoms with E-state index < -0.39 is 0 Å². The van der Waals surface area contributed by atoms with Gasteiger partial charge in [0.05, 0.1) is 6.42 Å². The molecule has 0 spiro atoms. The van der Waals surface area contributed by atoms with E-state index in [0.29, 0.717) is 13.0 Å². The van der Waals surface area contributed by atoms with Gasteiger partial charge in [-0.25, -0.2) is 0 Å². The highest BCUT2D eigenvalue weighted by Crippen LogP contribution is 2.19. The molecule has 0 saturated heterocycles. The van der Waals surface area contributed by atoms with Crippen molar-refractivity contribution < 1.29 is 9.59 Å². The first-order valence-electron chi connectivity index (χ1n) is 8.12. The Balaban J connectivity index is 2.11. The van der Waals surface area contributed by atoms with Crippen molar-refractivity contribution in [3.8, 4) is 0 Å². The second kappa shape index (κ2) is 7.77. The zero-order chi connectivity index (χ0) is 17.7. The lowest BCUT2D eigenvalue weighted by atomic mass is 10.1. The third-order valence-electron chi connectivity index (χ3n) is 4.08. The Kier molecular flexibility index (Phi) is 5.74. The molecule has 0 aliphatic rings. The van der Waals surface area contributed by atoms with E-state index in [2.05, 4.69) is 0 Å². The summed E-state index contributed by atoms with van der Waals surface area (Å²) in [5.41, 5.74) is 3.82. The van der Waals surface area contributed by atoms with Crippen LogP contribution in [0, 0.1) is 6.92 Å². The largest absolute Gasteiger partial charge is 0.316 e. The van der Waals surface area contributed by atoms with Crippen LogP contribution in [0.5, 0.6) is 0 Å². The predicted molar refractivity (Wildman–Crippen MR) is 98.4 cm³/mol. The topological polar surface area (TPSA) is 40.6 Å². The number of rotatable bonds is 5. The Labute approximate surface area is 143 Å². The summed E-state index contributed by atoms with van der Waals surface area (Å²) in [5, 5.41) is 0. The highest BCUT2D eigenvalue weighted by atomic mass is 16.2. The van der Waals surface area contributed by atoms with E-state index in [1.54, 1.807) is 16.8 Å². The lowest BCUT2D eigenvalue weighted by Crippen LogP contribution is -2.32. The molecule has 4 nitrogen and oxygen atoms in total. The lowest BCUT2D eigenvalue weighted by molar-refractivity contribution is -0.118. The Bertz CT molecular complexity index is 723. The summed E-state index contributed by atoms with van der Waals surface area (Å²) in [4.78, 5) is 27.4. The second-order valence-corrected chi connectivity index (χ2v) is 5.90. The van der Waals surface area contributed by atoms with E-state index >= 15 is 0 Å². The molecule has 2 rings (SSSR count). The average molecular weight is 324 g/mol. The van der Waals surface area contributed by atoms with E-state index in [-0.39, 0.29) is 11.8 Å². The van der Waals surface area contributed by atoms with E-state index in [1.807, 2.05) is 62.4 Å². The van der Waals surface area contributed by atoms with E-state index in [1.165, 1.54) is 6.92 Å². The van der Waals surface area contributed by atoms with Gasteiger partial charge in [-0.2, -0.15) is 0 Å². The van der Waals surface area contributed by atoms with Gasteiger partial charge in [-0.1, -0.05) is 24.3 Å². The van der Waals surface area contributed by atoms with Crippen LogP contribution in [0.2, 0.25) is 0 Å². The number of benzene rings is 2. The van der Waals surface area contributed by atoms with E-state index in [9.17, 15) is 9.59 Å². The molecule has 0 saturated carbocycles. The Hall–Kier alpha value is -2.62. The molecule has 2 amide bonds. The van der Waals surface area contributed by atoms with Gasteiger partial charge >= 0.3 is 0 Å². The molecule has 0 bridgehead atoms. The number of anilines is 2. The molecule has 0 heterocycles. The summed E-state index contributed by atoms with van der Waals surface area (Å²) >= 11 is 0. The SMILES string of the molecule is CCN(C(=O)Cc1ccc(N(C)C(C)=O)cc1)c1cccc(C)c1. The number of amides is 2. The molecule has 0 unspecified atom stereocenters. The van der Waals surface area contributed by atoms with Crippen LogP contribution in [0.25, 0.3) is 0 Å². The summed E-state index contributed by atoms with van der Waals surface area (Å²) in [6.07, 6.45) is 0.339. The average Bonchev–Trinajstić information content (AvgIpc) is 2.55.